The number of nitrogens with zero attached hydrogens (tertiary/aromatic N) is 2. The van der Waals surface area contributed by atoms with Crippen LogP contribution in [0.4, 0.5) is 0 Å². The minimum Gasteiger partial charge on any atom is -0.351 e. The fourth-order valence-electron chi connectivity index (χ4n) is 2.54. The smallest absolute Gasteiger partial charge is 0.269 e. The van der Waals surface area contributed by atoms with Crippen LogP contribution >= 0.6 is 0 Å². The first-order chi connectivity index (χ1) is 9.75. The summed E-state index contributed by atoms with van der Waals surface area (Å²) in [7, 11) is 0. The predicted molar refractivity (Wildman–Crippen MR) is 80.6 cm³/mol. The van der Waals surface area contributed by atoms with Gasteiger partial charge in [0.1, 0.15) is 5.69 Å². The van der Waals surface area contributed by atoms with Crippen molar-refractivity contribution in [2.45, 2.75) is 32.6 Å². The molecule has 0 aromatic carbocycles. The van der Waals surface area contributed by atoms with Gasteiger partial charge in [-0.15, -0.1) is 0 Å². The lowest BCUT2D eigenvalue weighted by Crippen LogP contribution is -2.34. The Labute approximate surface area is 121 Å². The maximum Gasteiger partial charge on any atom is 0.269 e. The topological polar surface area (TPSA) is 45.2 Å². The Morgan fingerprint density at radius 1 is 1.35 bits per heavy atom. The monoisotopic (exact) mass is 275 g/mol. The van der Waals surface area contributed by atoms with E-state index in [0.717, 1.165) is 31.8 Å². The van der Waals surface area contributed by atoms with Crippen molar-refractivity contribution in [3.63, 3.8) is 0 Å². The van der Waals surface area contributed by atoms with Gasteiger partial charge >= 0.3 is 0 Å². The van der Waals surface area contributed by atoms with Crippen molar-refractivity contribution >= 4 is 5.91 Å². The number of piperidine rings is 1. The highest BCUT2D eigenvalue weighted by atomic mass is 16.1. The third-order valence-corrected chi connectivity index (χ3v) is 3.96. The summed E-state index contributed by atoms with van der Waals surface area (Å²) in [5.41, 5.74) is 0.498. The first kappa shape index (κ1) is 15.0. The molecule has 0 bridgehead atoms. The molecule has 0 aliphatic carbocycles. The summed E-state index contributed by atoms with van der Waals surface area (Å²) in [6.45, 7) is 6.71. The van der Waals surface area contributed by atoms with Crippen LogP contribution in [0.1, 0.15) is 43.1 Å². The highest BCUT2D eigenvalue weighted by molar-refractivity contribution is 5.92. The van der Waals surface area contributed by atoms with Gasteiger partial charge in [0.2, 0.25) is 0 Å². The Morgan fingerprint density at radius 2 is 2.15 bits per heavy atom. The molecule has 0 atom stereocenters. The lowest BCUT2D eigenvalue weighted by Gasteiger charge is -2.30. The first-order valence-electron chi connectivity index (χ1n) is 7.67. The van der Waals surface area contributed by atoms with Gasteiger partial charge in [-0.1, -0.05) is 13.0 Å². The van der Waals surface area contributed by atoms with Crippen molar-refractivity contribution in [1.82, 2.24) is 15.2 Å². The SMILES string of the molecule is CC1CCN(CCCCNC(=O)c2ccccn2)CC1. The molecular formula is C16H25N3O. The Hall–Kier alpha value is -1.42. The fraction of sp³-hybridized carbons (Fsp3) is 0.625. The summed E-state index contributed by atoms with van der Waals surface area (Å²) >= 11 is 0. The van der Waals surface area contributed by atoms with Crippen molar-refractivity contribution in [1.29, 1.82) is 0 Å². The molecule has 110 valence electrons. The number of likely N-dealkylation sites (tertiary alicyclic amines) is 1. The van der Waals surface area contributed by atoms with E-state index in [4.69, 9.17) is 0 Å². The number of hydrogen-bond donors (Lipinski definition) is 1. The zero-order chi connectivity index (χ0) is 14.2. The van der Waals surface area contributed by atoms with E-state index < -0.39 is 0 Å². The van der Waals surface area contributed by atoms with Gasteiger partial charge in [-0.05, 0) is 63.4 Å². The molecule has 1 aliphatic rings. The van der Waals surface area contributed by atoms with Crippen LogP contribution in [0.25, 0.3) is 0 Å². The zero-order valence-corrected chi connectivity index (χ0v) is 12.3. The lowest BCUT2D eigenvalue weighted by atomic mass is 9.99. The van der Waals surface area contributed by atoms with E-state index in [9.17, 15) is 4.79 Å². The first-order valence-corrected chi connectivity index (χ1v) is 7.67. The molecule has 0 radical (unpaired) electrons. The van der Waals surface area contributed by atoms with Gasteiger partial charge < -0.3 is 10.2 Å². The number of amides is 1. The Bertz CT molecular complexity index is 399. The number of pyridine rings is 1. The van der Waals surface area contributed by atoms with Gasteiger partial charge in [0.25, 0.3) is 5.91 Å². The van der Waals surface area contributed by atoms with Gasteiger partial charge in [0, 0.05) is 12.7 Å². The van der Waals surface area contributed by atoms with E-state index in [1.165, 1.54) is 25.9 Å². The molecule has 2 heterocycles. The summed E-state index contributed by atoms with van der Waals surface area (Å²) in [6.07, 6.45) is 6.49. The minimum atomic E-state index is -0.0719. The van der Waals surface area contributed by atoms with Gasteiger partial charge in [0.15, 0.2) is 0 Å². The Kier molecular flexibility index (Phi) is 5.99. The largest absolute Gasteiger partial charge is 0.351 e. The van der Waals surface area contributed by atoms with Crippen LogP contribution in [-0.2, 0) is 0 Å². The van der Waals surface area contributed by atoms with E-state index in [-0.39, 0.29) is 5.91 Å². The molecule has 0 saturated carbocycles. The van der Waals surface area contributed by atoms with Gasteiger partial charge in [-0.2, -0.15) is 0 Å². The second kappa shape index (κ2) is 8.00. The van der Waals surface area contributed by atoms with Gasteiger partial charge in [0.05, 0.1) is 0 Å². The van der Waals surface area contributed by atoms with Crippen molar-refractivity contribution in [3.8, 4) is 0 Å². The van der Waals surface area contributed by atoms with E-state index >= 15 is 0 Å². The predicted octanol–water partition coefficient (Wildman–Crippen LogP) is 2.32. The number of carbonyl (C=O) groups excluding carboxylic acids is 1. The highest BCUT2D eigenvalue weighted by Gasteiger charge is 2.14. The van der Waals surface area contributed by atoms with Crippen molar-refractivity contribution < 1.29 is 4.79 Å². The molecule has 0 spiro atoms. The average molecular weight is 275 g/mol. The normalized spacial score (nSPS) is 17.1. The lowest BCUT2D eigenvalue weighted by molar-refractivity contribution is 0.0947. The summed E-state index contributed by atoms with van der Waals surface area (Å²) in [6, 6.07) is 5.39. The number of aromatic nitrogens is 1. The summed E-state index contributed by atoms with van der Waals surface area (Å²) in [4.78, 5) is 18.3. The standard InChI is InChI=1S/C16H25N3O/c1-14-7-12-19(13-8-14)11-5-4-10-18-16(20)15-6-2-3-9-17-15/h2-3,6,9,14H,4-5,7-8,10-13H2,1H3,(H,18,20). The molecule has 1 aromatic rings. The summed E-state index contributed by atoms with van der Waals surface area (Å²) in [5.74, 6) is 0.821. The molecule has 1 fully saturated rings. The van der Waals surface area contributed by atoms with Crippen molar-refractivity contribution in [2.75, 3.05) is 26.2 Å². The third kappa shape index (κ3) is 4.93. The number of hydrogen-bond acceptors (Lipinski definition) is 3. The van der Waals surface area contributed by atoms with Crippen LogP contribution in [0.3, 0.4) is 0 Å². The number of nitrogens with one attached hydrogen (secondary N) is 1. The molecule has 0 unspecified atom stereocenters. The second-order valence-electron chi connectivity index (χ2n) is 5.70. The van der Waals surface area contributed by atoms with Crippen LogP contribution in [0.15, 0.2) is 24.4 Å². The van der Waals surface area contributed by atoms with Crippen LogP contribution < -0.4 is 5.32 Å². The van der Waals surface area contributed by atoms with Crippen LogP contribution in [0.2, 0.25) is 0 Å². The quantitative estimate of drug-likeness (QED) is 0.810. The minimum absolute atomic E-state index is 0.0719. The Balaban J connectivity index is 1.55. The molecule has 4 heteroatoms. The van der Waals surface area contributed by atoms with Crippen molar-refractivity contribution in [3.05, 3.63) is 30.1 Å². The molecule has 4 nitrogen and oxygen atoms in total. The molecule has 2 rings (SSSR count). The zero-order valence-electron chi connectivity index (χ0n) is 12.3. The summed E-state index contributed by atoms with van der Waals surface area (Å²) < 4.78 is 0. The maximum absolute atomic E-state index is 11.8. The van der Waals surface area contributed by atoms with Crippen molar-refractivity contribution in [2.24, 2.45) is 5.92 Å². The molecule has 1 amide bonds. The summed E-state index contributed by atoms with van der Waals surface area (Å²) in [5, 5.41) is 2.92. The molecule has 20 heavy (non-hydrogen) atoms. The third-order valence-electron chi connectivity index (χ3n) is 3.96. The highest BCUT2D eigenvalue weighted by Crippen LogP contribution is 2.15. The molecule has 1 aliphatic heterocycles. The average Bonchev–Trinajstić information content (AvgIpc) is 2.49. The van der Waals surface area contributed by atoms with E-state index in [0.29, 0.717) is 5.69 Å². The molecule has 1 saturated heterocycles. The van der Waals surface area contributed by atoms with Crippen LogP contribution in [0, 0.1) is 5.92 Å². The van der Waals surface area contributed by atoms with E-state index in [2.05, 4.69) is 22.1 Å². The number of rotatable bonds is 6. The number of carbonyl (C=O) groups is 1. The van der Waals surface area contributed by atoms with Gasteiger partial charge in [-0.25, -0.2) is 0 Å². The maximum atomic E-state index is 11.8. The fourth-order valence-corrected chi connectivity index (χ4v) is 2.54. The second-order valence-corrected chi connectivity index (χ2v) is 5.70. The van der Waals surface area contributed by atoms with Gasteiger partial charge in [-0.3, -0.25) is 9.78 Å². The van der Waals surface area contributed by atoms with E-state index in [1.54, 1.807) is 12.3 Å². The van der Waals surface area contributed by atoms with Crippen LogP contribution in [0.5, 0.6) is 0 Å². The van der Waals surface area contributed by atoms with E-state index in [1.807, 2.05) is 12.1 Å². The number of unbranched alkanes of at least 4 members (excludes halogenated alkanes) is 1. The Morgan fingerprint density at radius 3 is 2.85 bits per heavy atom. The molecule has 1 aromatic heterocycles. The van der Waals surface area contributed by atoms with Crippen LogP contribution in [-0.4, -0.2) is 42.0 Å². The molecular weight excluding hydrogens is 250 g/mol. The molecule has 1 N–H and O–H groups in total.